The number of aryl methyl sites for hydroxylation is 2. The molecule has 1 N–H and O–H groups in total. The Labute approximate surface area is 181 Å². The number of pyridine rings is 1. The molecule has 0 aliphatic heterocycles. The summed E-state index contributed by atoms with van der Waals surface area (Å²) in [7, 11) is 1.66. The number of alkyl halides is 3. The average molecular weight is 436 g/mol. The monoisotopic (exact) mass is 436 g/mol. The van der Waals surface area contributed by atoms with E-state index in [2.05, 4.69) is 5.32 Å². The fraction of sp³-hybridized carbons (Fsp3) is 0.120. The highest BCUT2D eigenvalue weighted by molar-refractivity contribution is 6.06. The molecule has 0 radical (unpaired) electrons. The Balaban J connectivity index is 1.95. The van der Waals surface area contributed by atoms with Crippen molar-refractivity contribution in [3.63, 3.8) is 0 Å². The molecular weight excluding hydrogens is 417 g/mol. The van der Waals surface area contributed by atoms with Gasteiger partial charge in [0.2, 0.25) is 0 Å². The highest BCUT2D eigenvalue weighted by atomic mass is 19.4. The molecule has 1 aromatic heterocycles. The largest absolute Gasteiger partial charge is 0.416 e. The molecule has 0 spiro atoms. The number of hydrogen-bond acceptors (Lipinski definition) is 2. The first-order valence-corrected chi connectivity index (χ1v) is 9.84. The topological polar surface area (TPSA) is 51.1 Å². The molecule has 32 heavy (non-hydrogen) atoms. The second-order valence-electron chi connectivity index (χ2n) is 7.53. The first kappa shape index (κ1) is 21.4. The van der Waals surface area contributed by atoms with Crippen LogP contribution in [0.3, 0.4) is 0 Å². The fourth-order valence-corrected chi connectivity index (χ4v) is 3.64. The average Bonchev–Trinajstić information content (AvgIpc) is 2.77. The Morgan fingerprint density at radius 1 is 0.938 bits per heavy atom. The van der Waals surface area contributed by atoms with Gasteiger partial charge in [-0.1, -0.05) is 42.0 Å². The molecule has 0 bridgehead atoms. The molecule has 3 aromatic carbocycles. The van der Waals surface area contributed by atoms with Gasteiger partial charge in [0, 0.05) is 18.0 Å². The number of aromatic nitrogens is 1. The van der Waals surface area contributed by atoms with Gasteiger partial charge in [-0.3, -0.25) is 9.59 Å². The lowest BCUT2D eigenvalue weighted by molar-refractivity contribution is -0.137. The van der Waals surface area contributed by atoms with Crippen LogP contribution >= 0.6 is 0 Å². The van der Waals surface area contributed by atoms with Gasteiger partial charge in [-0.15, -0.1) is 0 Å². The van der Waals surface area contributed by atoms with Gasteiger partial charge in [0.05, 0.1) is 16.6 Å². The van der Waals surface area contributed by atoms with Crippen molar-refractivity contribution in [1.82, 2.24) is 4.57 Å². The van der Waals surface area contributed by atoms with Crippen molar-refractivity contribution in [2.45, 2.75) is 13.1 Å². The third-order valence-corrected chi connectivity index (χ3v) is 5.33. The van der Waals surface area contributed by atoms with E-state index < -0.39 is 23.1 Å². The van der Waals surface area contributed by atoms with Crippen molar-refractivity contribution in [2.24, 2.45) is 7.05 Å². The van der Waals surface area contributed by atoms with Crippen molar-refractivity contribution in [3.05, 3.63) is 99.7 Å². The lowest BCUT2D eigenvalue weighted by atomic mass is 10.00. The number of hydrogen-bond donors (Lipinski definition) is 1. The Kier molecular flexibility index (Phi) is 5.34. The molecule has 162 valence electrons. The van der Waals surface area contributed by atoms with Crippen LogP contribution < -0.4 is 10.7 Å². The van der Waals surface area contributed by atoms with E-state index in [9.17, 15) is 22.8 Å². The second kappa shape index (κ2) is 8.00. The van der Waals surface area contributed by atoms with E-state index in [1.807, 2.05) is 6.92 Å². The van der Waals surface area contributed by atoms with Crippen LogP contribution in [0.5, 0.6) is 0 Å². The van der Waals surface area contributed by atoms with Crippen LogP contribution in [-0.2, 0) is 13.2 Å². The first-order chi connectivity index (χ1) is 15.2. The van der Waals surface area contributed by atoms with E-state index in [0.29, 0.717) is 16.5 Å². The number of fused-ring (bicyclic) bond motifs is 1. The Morgan fingerprint density at radius 2 is 1.62 bits per heavy atom. The number of halogens is 3. The Hall–Kier alpha value is -3.87. The molecule has 4 rings (SSSR count). The summed E-state index contributed by atoms with van der Waals surface area (Å²) in [6.07, 6.45) is -4.57. The van der Waals surface area contributed by atoms with Crippen LogP contribution in [0, 0.1) is 6.92 Å². The number of nitrogens with one attached hydrogen (secondary N) is 1. The number of amides is 1. The summed E-state index contributed by atoms with van der Waals surface area (Å²) in [5.41, 5.74) is 0.629. The molecule has 1 amide bonds. The van der Waals surface area contributed by atoms with E-state index in [4.69, 9.17) is 0 Å². The fourth-order valence-electron chi connectivity index (χ4n) is 3.64. The Bertz CT molecular complexity index is 1390. The van der Waals surface area contributed by atoms with Crippen molar-refractivity contribution >= 4 is 22.6 Å². The molecular formula is C25H19F3N2O2. The normalized spacial score (nSPS) is 11.5. The number of para-hydroxylation sites is 1. The molecule has 0 atom stereocenters. The quantitative estimate of drug-likeness (QED) is 0.442. The maximum Gasteiger partial charge on any atom is 0.416 e. The van der Waals surface area contributed by atoms with Gasteiger partial charge in [0.1, 0.15) is 5.82 Å². The highest BCUT2D eigenvalue weighted by Gasteiger charge is 2.31. The summed E-state index contributed by atoms with van der Waals surface area (Å²) in [6, 6.07) is 18.2. The molecule has 0 fully saturated rings. The van der Waals surface area contributed by atoms with Crippen LogP contribution in [0.4, 0.5) is 19.0 Å². The van der Waals surface area contributed by atoms with Crippen LogP contribution in [-0.4, -0.2) is 10.5 Å². The third-order valence-electron chi connectivity index (χ3n) is 5.33. The summed E-state index contributed by atoms with van der Waals surface area (Å²) >= 11 is 0. The summed E-state index contributed by atoms with van der Waals surface area (Å²) in [5.74, 6) is -0.345. The molecule has 0 unspecified atom stereocenters. The lowest BCUT2D eigenvalue weighted by Gasteiger charge is -2.19. The van der Waals surface area contributed by atoms with Gasteiger partial charge in [-0.2, -0.15) is 13.2 Å². The number of nitrogens with zero attached hydrogens (tertiary/aromatic N) is 1. The zero-order valence-corrected chi connectivity index (χ0v) is 17.3. The number of rotatable bonds is 3. The molecule has 4 aromatic rings. The summed E-state index contributed by atoms with van der Waals surface area (Å²) < 4.78 is 41.6. The zero-order valence-electron chi connectivity index (χ0n) is 17.3. The van der Waals surface area contributed by atoms with Gasteiger partial charge in [-0.25, -0.2) is 0 Å². The maximum atomic E-state index is 13.4. The molecule has 7 heteroatoms. The van der Waals surface area contributed by atoms with E-state index >= 15 is 0 Å². The van der Waals surface area contributed by atoms with Gasteiger partial charge in [0.25, 0.3) is 5.91 Å². The first-order valence-electron chi connectivity index (χ1n) is 9.84. The molecule has 1 heterocycles. The van der Waals surface area contributed by atoms with Crippen molar-refractivity contribution < 1.29 is 18.0 Å². The van der Waals surface area contributed by atoms with Crippen LogP contribution in [0.1, 0.15) is 21.5 Å². The highest BCUT2D eigenvalue weighted by Crippen LogP contribution is 2.34. The molecule has 0 saturated heterocycles. The van der Waals surface area contributed by atoms with Crippen molar-refractivity contribution in [1.29, 1.82) is 0 Å². The van der Waals surface area contributed by atoms with E-state index in [-0.39, 0.29) is 16.9 Å². The lowest BCUT2D eigenvalue weighted by Crippen LogP contribution is -2.21. The van der Waals surface area contributed by atoms with E-state index in [1.54, 1.807) is 60.1 Å². The number of carbonyl (C=O) groups is 1. The molecule has 0 aliphatic rings. The third kappa shape index (κ3) is 3.89. The molecule has 4 nitrogen and oxygen atoms in total. The van der Waals surface area contributed by atoms with Gasteiger partial charge in [-0.05, 0) is 48.9 Å². The minimum absolute atomic E-state index is 0.00207. The maximum absolute atomic E-state index is 13.4. The zero-order chi connectivity index (χ0) is 23.0. The molecule has 0 aliphatic carbocycles. The summed E-state index contributed by atoms with van der Waals surface area (Å²) in [6.45, 7) is 1.89. The van der Waals surface area contributed by atoms with Crippen LogP contribution in [0.2, 0.25) is 0 Å². The number of anilines is 1. The molecule has 0 saturated carbocycles. The van der Waals surface area contributed by atoms with Crippen LogP contribution in [0.25, 0.3) is 22.0 Å². The summed E-state index contributed by atoms with van der Waals surface area (Å²) in [4.78, 5) is 26.3. The SMILES string of the molecule is Cc1ccc(C(=O)Nc2c(-c3cccc(C(F)(F)F)c3)c(=O)c3ccccc3n2C)cc1. The smallest absolute Gasteiger partial charge is 0.330 e. The summed E-state index contributed by atoms with van der Waals surface area (Å²) in [5, 5.41) is 3.09. The second-order valence-corrected chi connectivity index (χ2v) is 7.53. The standard InChI is InChI=1S/C25H19F3N2O2/c1-15-10-12-16(13-11-15)24(32)29-23-21(17-6-5-7-18(14-17)25(26,27)28)22(31)19-8-3-4-9-20(19)30(23)2/h3-14H,1-2H3,(H,29,32). The van der Waals surface area contributed by atoms with E-state index in [0.717, 1.165) is 17.7 Å². The minimum Gasteiger partial charge on any atom is -0.330 e. The number of benzene rings is 3. The predicted octanol–water partition coefficient (Wildman–Crippen LogP) is 5.79. The van der Waals surface area contributed by atoms with Crippen molar-refractivity contribution in [2.75, 3.05) is 5.32 Å². The van der Waals surface area contributed by atoms with Crippen molar-refractivity contribution in [3.8, 4) is 11.1 Å². The Morgan fingerprint density at radius 3 is 2.31 bits per heavy atom. The number of carbonyl (C=O) groups excluding carboxylic acids is 1. The van der Waals surface area contributed by atoms with E-state index in [1.165, 1.54) is 12.1 Å². The van der Waals surface area contributed by atoms with Gasteiger partial charge >= 0.3 is 6.18 Å². The van der Waals surface area contributed by atoms with Gasteiger partial charge < -0.3 is 9.88 Å². The van der Waals surface area contributed by atoms with Crippen LogP contribution in [0.15, 0.2) is 77.6 Å². The minimum atomic E-state index is -4.57. The van der Waals surface area contributed by atoms with Gasteiger partial charge in [0.15, 0.2) is 5.43 Å². The predicted molar refractivity (Wildman–Crippen MR) is 119 cm³/mol.